The Balaban J connectivity index is 1.34. The first-order valence-electron chi connectivity index (χ1n) is 10.8. The largest absolute Gasteiger partial charge is 0.491 e. The molecule has 4 rings (SSSR count). The second-order valence-electron chi connectivity index (χ2n) is 8.32. The number of carbonyl (C=O) groups is 1. The van der Waals surface area contributed by atoms with Crippen LogP contribution in [-0.2, 0) is 34.0 Å². The van der Waals surface area contributed by atoms with Crippen molar-refractivity contribution in [3.05, 3.63) is 89.3 Å². The summed E-state index contributed by atoms with van der Waals surface area (Å²) in [5, 5.41) is 0. The SMILES string of the molecule is CC1(OCC(=O)N2CCOc3ccc(COCc4cccc(F)c4)cc3C2)C=CC=CC1. The molecule has 1 unspecified atom stereocenters. The van der Waals surface area contributed by atoms with Gasteiger partial charge in [0, 0.05) is 12.1 Å². The maximum Gasteiger partial charge on any atom is 0.249 e. The predicted molar refractivity (Wildman–Crippen MR) is 120 cm³/mol. The molecule has 0 spiro atoms. The summed E-state index contributed by atoms with van der Waals surface area (Å²) in [6.45, 7) is 4.14. The lowest BCUT2D eigenvalue weighted by Crippen LogP contribution is -2.38. The highest BCUT2D eigenvalue weighted by molar-refractivity contribution is 5.77. The Morgan fingerprint density at radius 1 is 1.16 bits per heavy atom. The van der Waals surface area contributed by atoms with Crippen molar-refractivity contribution in [2.75, 3.05) is 19.8 Å². The summed E-state index contributed by atoms with van der Waals surface area (Å²) in [6.07, 6.45) is 8.70. The van der Waals surface area contributed by atoms with Gasteiger partial charge in [-0.3, -0.25) is 4.79 Å². The molecule has 2 aliphatic rings. The highest BCUT2D eigenvalue weighted by Gasteiger charge is 2.26. The van der Waals surface area contributed by atoms with Crippen molar-refractivity contribution in [3.63, 3.8) is 0 Å². The van der Waals surface area contributed by atoms with Gasteiger partial charge in [-0.15, -0.1) is 0 Å². The molecule has 0 saturated carbocycles. The molecule has 1 heterocycles. The van der Waals surface area contributed by atoms with Gasteiger partial charge in [0.25, 0.3) is 0 Å². The van der Waals surface area contributed by atoms with E-state index in [1.807, 2.05) is 55.5 Å². The Morgan fingerprint density at radius 3 is 2.78 bits per heavy atom. The summed E-state index contributed by atoms with van der Waals surface area (Å²) in [6, 6.07) is 12.3. The van der Waals surface area contributed by atoms with E-state index in [0.717, 1.165) is 28.9 Å². The smallest absolute Gasteiger partial charge is 0.249 e. The topological polar surface area (TPSA) is 48.0 Å². The zero-order valence-electron chi connectivity index (χ0n) is 18.3. The summed E-state index contributed by atoms with van der Waals surface area (Å²) in [5.41, 5.74) is 2.25. The predicted octanol–water partition coefficient (Wildman–Crippen LogP) is 4.55. The van der Waals surface area contributed by atoms with Gasteiger partial charge in [0.15, 0.2) is 0 Å². The van der Waals surface area contributed by atoms with E-state index in [9.17, 15) is 9.18 Å². The van der Waals surface area contributed by atoms with Crippen molar-refractivity contribution in [3.8, 4) is 5.75 Å². The Kier molecular flexibility index (Phi) is 7.02. The number of rotatable bonds is 7. The van der Waals surface area contributed by atoms with Crippen LogP contribution >= 0.6 is 0 Å². The van der Waals surface area contributed by atoms with Gasteiger partial charge in [-0.2, -0.15) is 0 Å². The van der Waals surface area contributed by atoms with Crippen LogP contribution in [0.3, 0.4) is 0 Å². The van der Waals surface area contributed by atoms with Crippen molar-refractivity contribution in [1.29, 1.82) is 0 Å². The molecule has 1 amide bonds. The van der Waals surface area contributed by atoms with E-state index in [1.54, 1.807) is 11.0 Å². The summed E-state index contributed by atoms with van der Waals surface area (Å²) < 4.78 is 30.8. The van der Waals surface area contributed by atoms with E-state index in [1.165, 1.54) is 12.1 Å². The third-order valence-electron chi connectivity index (χ3n) is 5.63. The molecule has 32 heavy (non-hydrogen) atoms. The zero-order valence-corrected chi connectivity index (χ0v) is 18.3. The number of benzene rings is 2. The van der Waals surface area contributed by atoms with Crippen LogP contribution in [0.1, 0.15) is 30.0 Å². The lowest BCUT2D eigenvalue weighted by atomic mass is 9.98. The minimum Gasteiger partial charge on any atom is -0.491 e. The molecular formula is C26H28FNO4. The van der Waals surface area contributed by atoms with E-state index in [0.29, 0.717) is 32.9 Å². The minimum atomic E-state index is -0.448. The molecule has 0 fully saturated rings. The maximum atomic E-state index is 13.3. The average molecular weight is 438 g/mol. The summed E-state index contributed by atoms with van der Waals surface area (Å²) in [5.74, 6) is 0.452. The Morgan fingerprint density at radius 2 is 2.00 bits per heavy atom. The Labute approximate surface area is 188 Å². The van der Waals surface area contributed by atoms with Gasteiger partial charge in [0.2, 0.25) is 5.91 Å². The maximum absolute atomic E-state index is 13.3. The fourth-order valence-electron chi connectivity index (χ4n) is 3.80. The first kappa shape index (κ1) is 22.2. The fraction of sp³-hybridized carbons (Fsp3) is 0.346. The number of halogens is 1. The third-order valence-corrected chi connectivity index (χ3v) is 5.63. The second-order valence-corrected chi connectivity index (χ2v) is 8.32. The van der Waals surface area contributed by atoms with Crippen molar-refractivity contribution < 1.29 is 23.4 Å². The van der Waals surface area contributed by atoms with Gasteiger partial charge >= 0.3 is 0 Å². The molecule has 168 valence electrons. The molecule has 1 aliphatic carbocycles. The van der Waals surface area contributed by atoms with Crippen LogP contribution in [0, 0.1) is 5.82 Å². The summed E-state index contributed by atoms with van der Waals surface area (Å²) in [7, 11) is 0. The number of amides is 1. The molecule has 6 heteroatoms. The van der Waals surface area contributed by atoms with Gasteiger partial charge in [0.1, 0.15) is 24.8 Å². The van der Waals surface area contributed by atoms with Gasteiger partial charge in [-0.1, -0.05) is 42.5 Å². The molecule has 5 nitrogen and oxygen atoms in total. The van der Waals surface area contributed by atoms with Crippen LogP contribution in [0.5, 0.6) is 5.75 Å². The number of ether oxygens (including phenoxy) is 3. The summed E-state index contributed by atoms with van der Waals surface area (Å²) in [4.78, 5) is 14.6. The molecule has 2 aromatic carbocycles. The zero-order chi connectivity index (χ0) is 22.4. The van der Waals surface area contributed by atoms with E-state index in [-0.39, 0.29) is 18.3 Å². The second kappa shape index (κ2) is 10.1. The Bertz CT molecular complexity index is 1020. The van der Waals surface area contributed by atoms with Gasteiger partial charge in [-0.25, -0.2) is 4.39 Å². The van der Waals surface area contributed by atoms with Gasteiger partial charge in [-0.05, 0) is 48.7 Å². The van der Waals surface area contributed by atoms with Gasteiger partial charge in [0.05, 0.1) is 25.4 Å². The van der Waals surface area contributed by atoms with E-state index in [2.05, 4.69) is 0 Å². The van der Waals surface area contributed by atoms with Gasteiger partial charge < -0.3 is 19.1 Å². The number of hydrogen-bond acceptors (Lipinski definition) is 4. The van der Waals surface area contributed by atoms with Crippen LogP contribution in [0.4, 0.5) is 4.39 Å². The number of hydrogen-bond donors (Lipinski definition) is 0. The number of carbonyl (C=O) groups excluding carboxylic acids is 1. The first-order valence-corrected chi connectivity index (χ1v) is 10.8. The van der Waals surface area contributed by atoms with Crippen LogP contribution in [0.15, 0.2) is 66.8 Å². The molecule has 0 N–H and O–H groups in total. The van der Waals surface area contributed by atoms with E-state index in [4.69, 9.17) is 14.2 Å². The number of nitrogens with zero attached hydrogens (tertiary/aromatic N) is 1. The van der Waals surface area contributed by atoms with Crippen molar-refractivity contribution in [2.45, 2.75) is 38.7 Å². The monoisotopic (exact) mass is 437 g/mol. The van der Waals surface area contributed by atoms with Crippen molar-refractivity contribution >= 4 is 5.91 Å². The molecule has 2 aromatic rings. The first-order chi connectivity index (χ1) is 15.5. The molecular weight excluding hydrogens is 409 g/mol. The van der Waals surface area contributed by atoms with Crippen molar-refractivity contribution in [1.82, 2.24) is 4.90 Å². The molecule has 0 aromatic heterocycles. The highest BCUT2D eigenvalue weighted by Crippen LogP contribution is 2.26. The molecule has 1 aliphatic heterocycles. The average Bonchev–Trinajstić information content (AvgIpc) is 3.00. The lowest BCUT2D eigenvalue weighted by Gasteiger charge is -2.28. The van der Waals surface area contributed by atoms with Crippen LogP contribution < -0.4 is 4.74 Å². The number of fused-ring (bicyclic) bond motifs is 1. The van der Waals surface area contributed by atoms with Crippen LogP contribution in [0.25, 0.3) is 0 Å². The molecule has 0 saturated heterocycles. The minimum absolute atomic E-state index is 0.0282. The van der Waals surface area contributed by atoms with Crippen LogP contribution in [-0.4, -0.2) is 36.2 Å². The standard InChI is InChI=1S/C26H28FNO4/c1-26(10-3-2-4-11-26)32-19-25(29)28-12-13-31-24-9-8-21(14-22(24)16-28)18-30-17-20-6-5-7-23(27)15-20/h2-10,14-15H,11-13,16-19H2,1H3. The Hall–Kier alpha value is -2.96. The normalized spacial score (nSPS) is 19.9. The molecule has 0 bridgehead atoms. The highest BCUT2D eigenvalue weighted by atomic mass is 19.1. The number of allylic oxidation sites excluding steroid dienone is 2. The lowest BCUT2D eigenvalue weighted by molar-refractivity contribution is -0.141. The third kappa shape index (κ3) is 5.84. The molecule has 0 radical (unpaired) electrons. The van der Waals surface area contributed by atoms with Crippen LogP contribution in [0.2, 0.25) is 0 Å². The summed E-state index contributed by atoms with van der Waals surface area (Å²) >= 11 is 0. The molecule has 1 atom stereocenters. The van der Waals surface area contributed by atoms with E-state index >= 15 is 0 Å². The van der Waals surface area contributed by atoms with E-state index < -0.39 is 5.60 Å². The quantitative estimate of drug-likeness (QED) is 0.638. The fourth-order valence-corrected chi connectivity index (χ4v) is 3.80. The van der Waals surface area contributed by atoms with Crippen molar-refractivity contribution in [2.24, 2.45) is 0 Å².